The average molecular weight is 232 g/mol. The van der Waals surface area contributed by atoms with Crippen molar-refractivity contribution in [3.05, 3.63) is 28.8 Å². The number of aromatic nitrogens is 1. The van der Waals surface area contributed by atoms with Crippen LogP contribution in [0, 0.1) is 18.7 Å². The fraction of sp³-hybridized carbons (Fsp3) is 0.400. The summed E-state index contributed by atoms with van der Waals surface area (Å²) in [5.74, 6) is -1.73. The number of hydrogen-bond donors (Lipinski definition) is 1. The third-order valence-corrected chi connectivity index (χ3v) is 2.71. The van der Waals surface area contributed by atoms with Crippen molar-refractivity contribution in [2.45, 2.75) is 19.8 Å². The van der Waals surface area contributed by atoms with Crippen molar-refractivity contribution in [1.82, 2.24) is 4.98 Å². The maximum atomic E-state index is 13.3. The lowest BCUT2D eigenvalue weighted by molar-refractivity contribution is -0.141. The Morgan fingerprint density at radius 3 is 2.67 bits per heavy atom. The minimum Gasteiger partial charge on any atom is -0.481 e. The number of carboxylic acids is 1. The molecule has 1 unspecified atom stereocenters. The zero-order valence-electron chi connectivity index (χ0n) is 8.16. The Balaban J connectivity index is 0.00000112. The Morgan fingerprint density at radius 2 is 2.13 bits per heavy atom. The monoisotopic (exact) mass is 231 g/mol. The first-order valence-electron chi connectivity index (χ1n) is 4.45. The molecule has 5 heteroatoms. The maximum absolute atomic E-state index is 13.3. The van der Waals surface area contributed by atoms with E-state index in [4.69, 9.17) is 5.11 Å². The minimum absolute atomic E-state index is 0. The highest BCUT2D eigenvalue weighted by molar-refractivity contribution is 5.85. The van der Waals surface area contributed by atoms with Crippen LogP contribution in [0.3, 0.4) is 0 Å². The van der Waals surface area contributed by atoms with Crippen LogP contribution in [0.1, 0.15) is 16.8 Å². The number of carbonyl (C=O) groups is 1. The molecule has 2 rings (SSSR count). The average Bonchev–Trinajstić information content (AvgIpc) is 2.57. The molecule has 82 valence electrons. The van der Waals surface area contributed by atoms with Gasteiger partial charge < -0.3 is 5.11 Å². The van der Waals surface area contributed by atoms with E-state index < -0.39 is 11.9 Å². The van der Waals surface area contributed by atoms with E-state index in [-0.39, 0.29) is 18.2 Å². The van der Waals surface area contributed by atoms with Gasteiger partial charge in [-0.25, -0.2) is 4.39 Å². The molecule has 0 radical (unpaired) electrons. The number of rotatable bonds is 1. The highest BCUT2D eigenvalue weighted by atomic mass is 35.5. The van der Waals surface area contributed by atoms with Gasteiger partial charge in [-0.1, -0.05) is 0 Å². The van der Waals surface area contributed by atoms with Gasteiger partial charge in [0.1, 0.15) is 5.82 Å². The van der Waals surface area contributed by atoms with Crippen molar-refractivity contribution in [1.29, 1.82) is 0 Å². The van der Waals surface area contributed by atoms with E-state index in [0.717, 1.165) is 11.3 Å². The number of hydrogen-bond acceptors (Lipinski definition) is 2. The first kappa shape index (κ1) is 11.9. The molecule has 1 aromatic rings. The van der Waals surface area contributed by atoms with Gasteiger partial charge in [0, 0.05) is 5.69 Å². The van der Waals surface area contributed by atoms with Gasteiger partial charge in [0.15, 0.2) is 0 Å². The van der Waals surface area contributed by atoms with Gasteiger partial charge in [0.25, 0.3) is 0 Å². The van der Waals surface area contributed by atoms with Gasteiger partial charge in [-0.2, -0.15) is 0 Å². The van der Waals surface area contributed by atoms with Crippen LogP contribution in [0.15, 0.2) is 6.20 Å². The topological polar surface area (TPSA) is 50.2 Å². The zero-order valence-corrected chi connectivity index (χ0v) is 8.97. The number of fused-ring (bicyclic) bond motifs is 1. The van der Waals surface area contributed by atoms with Crippen LogP contribution in [0.25, 0.3) is 0 Å². The summed E-state index contributed by atoms with van der Waals surface area (Å²) in [5, 5.41) is 8.82. The Kier molecular flexibility index (Phi) is 3.29. The number of nitrogens with zero attached hydrogens (tertiary/aromatic N) is 1. The molecule has 0 amide bonds. The van der Waals surface area contributed by atoms with E-state index in [1.807, 2.05) is 0 Å². The lowest BCUT2D eigenvalue weighted by atomic mass is 10.1. The van der Waals surface area contributed by atoms with E-state index in [2.05, 4.69) is 4.98 Å². The number of carboxylic acid groups (broad SMARTS) is 1. The predicted octanol–water partition coefficient (Wildman–Crippen LogP) is 1.75. The van der Waals surface area contributed by atoms with Gasteiger partial charge >= 0.3 is 5.97 Å². The fourth-order valence-electron chi connectivity index (χ4n) is 1.90. The molecule has 0 saturated heterocycles. The summed E-state index contributed by atoms with van der Waals surface area (Å²) in [4.78, 5) is 14.6. The maximum Gasteiger partial charge on any atom is 0.307 e. The fourth-order valence-corrected chi connectivity index (χ4v) is 1.90. The second kappa shape index (κ2) is 4.14. The van der Waals surface area contributed by atoms with E-state index in [0.29, 0.717) is 18.4 Å². The summed E-state index contributed by atoms with van der Waals surface area (Å²) >= 11 is 0. The summed E-state index contributed by atoms with van der Waals surface area (Å²) in [7, 11) is 0. The van der Waals surface area contributed by atoms with Gasteiger partial charge in [-0.05, 0) is 30.9 Å². The molecule has 0 saturated carbocycles. The van der Waals surface area contributed by atoms with E-state index in [1.165, 1.54) is 6.20 Å². The zero-order chi connectivity index (χ0) is 10.3. The summed E-state index contributed by atoms with van der Waals surface area (Å²) in [6.07, 6.45) is 1.86. The van der Waals surface area contributed by atoms with Crippen LogP contribution >= 0.6 is 12.4 Å². The van der Waals surface area contributed by atoms with Crippen LogP contribution in [-0.4, -0.2) is 16.1 Å². The molecular weight excluding hydrogens is 221 g/mol. The quantitative estimate of drug-likeness (QED) is 0.801. The molecule has 1 atom stereocenters. The largest absolute Gasteiger partial charge is 0.481 e. The molecular formula is C10H11ClFNO2. The van der Waals surface area contributed by atoms with Crippen molar-refractivity contribution >= 4 is 18.4 Å². The highest BCUT2D eigenvalue weighted by Gasteiger charge is 2.30. The van der Waals surface area contributed by atoms with Crippen LogP contribution in [0.5, 0.6) is 0 Å². The smallest absolute Gasteiger partial charge is 0.307 e. The molecule has 15 heavy (non-hydrogen) atoms. The lowest BCUT2D eigenvalue weighted by Crippen LogP contribution is -2.13. The van der Waals surface area contributed by atoms with Crippen LogP contribution in [0.2, 0.25) is 0 Å². The van der Waals surface area contributed by atoms with Gasteiger partial charge in [0.05, 0.1) is 12.1 Å². The van der Waals surface area contributed by atoms with E-state index in [9.17, 15) is 9.18 Å². The van der Waals surface area contributed by atoms with Crippen molar-refractivity contribution in [3.8, 4) is 0 Å². The molecule has 1 aliphatic rings. The summed E-state index contributed by atoms with van der Waals surface area (Å²) in [6, 6.07) is 0. The summed E-state index contributed by atoms with van der Waals surface area (Å²) in [5.41, 5.74) is 2.05. The number of aliphatic carboxylic acids is 1. The summed E-state index contributed by atoms with van der Waals surface area (Å²) in [6.45, 7) is 1.78. The number of aryl methyl sites for hydroxylation is 1. The van der Waals surface area contributed by atoms with Crippen molar-refractivity contribution in [3.63, 3.8) is 0 Å². The van der Waals surface area contributed by atoms with Crippen LogP contribution in [-0.2, 0) is 17.6 Å². The molecule has 3 nitrogen and oxygen atoms in total. The predicted molar refractivity (Wildman–Crippen MR) is 54.7 cm³/mol. The van der Waals surface area contributed by atoms with Gasteiger partial charge in [0.2, 0.25) is 0 Å². The number of halogens is 2. The first-order chi connectivity index (χ1) is 6.59. The third-order valence-electron chi connectivity index (χ3n) is 2.71. The Hall–Kier alpha value is -1.16. The Labute approximate surface area is 92.7 Å². The SMILES string of the molecule is Cc1ncc(F)c2c1CC(C(=O)O)C2.Cl. The van der Waals surface area contributed by atoms with E-state index in [1.54, 1.807) is 6.92 Å². The van der Waals surface area contributed by atoms with Gasteiger partial charge in [-0.15, -0.1) is 12.4 Å². The molecule has 1 N–H and O–H groups in total. The highest BCUT2D eigenvalue weighted by Crippen LogP contribution is 2.30. The van der Waals surface area contributed by atoms with Crippen molar-refractivity contribution < 1.29 is 14.3 Å². The molecule has 0 bridgehead atoms. The molecule has 1 aromatic heterocycles. The standard InChI is InChI=1S/C10H10FNO2.ClH/c1-5-7-2-6(10(13)14)3-8(7)9(11)4-12-5;/h4,6H,2-3H2,1H3,(H,13,14);1H. The normalized spacial score (nSPS) is 18.1. The van der Waals surface area contributed by atoms with Gasteiger partial charge in [-0.3, -0.25) is 9.78 Å². The van der Waals surface area contributed by atoms with Crippen molar-refractivity contribution in [2.75, 3.05) is 0 Å². The Morgan fingerprint density at radius 1 is 1.53 bits per heavy atom. The van der Waals surface area contributed by atoms with Crippen LogP contribution < -0.4 is 0 Å². The van der Waals surface area contributed by atoms with Crippen molar-refractivity contribution in [2.24, 2.45) is 5.92 Å². The molecule has 1 aliphatic carbocycles. The molecule has 0 aliphatic heterocycles. The minimum atomic E-state index is -0.861. The first-order valence-corrected chi connectivity index (χ1v) is 4.45. The third kappa shape index (κ3) is 1.95. The molecule has 0 fully saturated rings. The van der Waals surface area contributed by atoms with E-state index >= 15 is 0 Å². The lowest BCUT2D eigenvalue weighted by Gasteiger charge is -2.02. The second-order valence-corrected chi connectivity index (χ2v) is 3.59. The number of pyridine rings is 1. The van der Waals surface area contributed by atoms with Crippen LogP contribution in [0.4, 0.5) is 4.39 Å². The molecule has 1 heterocycles. The molecule has 0 aromatic carbocycles. The summed E-state index contributed by atoms with van der Waals surface area (Å²) < 4.78 is 13.3. The second-order valence-electron chi connectivity index (χ2n) is 3.59. The molecule has 0 spiro atoms. The Bertz CT molecular complexity index is 378.